The maximum atomic E-state index is 13.0. The van der Waals surface area contributed by atoms with Crippen molar-refractivity contribution in [1.29, 1.82) is 0 Å². The zero-order chi connectivity index (χ0) is 11.6. The zero-order valence-electron chi connectivity index (χ0n) is 9.07. The molecule has 88 valence electrons. The van der Waals surface area contributed by atoms with Crippen LogP contribution in [-0.2, 0) is 0 Å². The molecular weight excluding hydrogens is 210 g/mol. The van der Waals surface area contributed by atoms with Crippen molar-refractivity contribution in [3.8, 4) is 0 Å². The monoisotopic (exact) mass is 226 g/mol. The van der Waals surface area contributed by atoms with E-state index in [2.05, 4.69) is 0 Å². The Morgan fingerprint density at radius 2 is 2.00 bits per heavy atom. The molecule has 1 aromatic carbocycles. The molecule has 0 saturated carbocycles. The van der Waals surface area contributed by atoms with E-state index in [-0.39, 0.29) is 19.0 Å². The van der Waals surface area contributed by atoms with Gasteiger partial charge in [-0.25, -0.2) is 8.78 Å². The summed E-state index contributed by atoms with van der Waals surface area (Å²) in [6.07, 6.45) is -0.0471. The molecular formula is C12H16F2N2. The molecule has 1 aromatic rings. The van der Waals surface area contributed by atoms with E-state index in [1.807, 2.05) is 30.3 Å². The number of likely N-dealkylation sites (tertiary alicyclic amines) is 1. The van der Waals surface area contributed by atoms with Crippen molar-refractivity contribution in [2.24, 2.45) is 5.73 Å². The Balaban J connectivity index is 1.91. The van der Waals surface area contributed by atoms with Crippen LogP contribution in [0.15, 0.2) is 30.3 Å². The van der Waals surface area contributed by atoms with Crippen LogP contribution in [0.4, 0.5) is 8.78 Å². The van der Waals surface area contributed by atoms with Gasteiger partial charge in [0.25, 0.3) is 5.92 Å². The molecule has 0 bridgehead atoms. The number of hydrogen-bond acceptors (Lipinski definition) is 2. The first kappa shape index (κ1) is 11.5. The van der Waals surface area contributed by atoms with Crippen LogP contribution in [0.25, 0.3) is 0 Å². The summed E-state index contributed by atoms with van der Waals surface area (Å²) < 4.78 is 25.9. The second-order valence-electron chi connectivity index (χ2n) is 4.36. The molecule has 1 fully saturated rings. The van der Waals surface area contributed by atoms with E-state index >= 15 is 0 Å². The summed E-state index contributed by atoms with van der Waals surface area (Å²) in [5.41, 5.74) is 6.97. The van der Waals surface area contributed by atoms with E-state index < -0.39 is 5.92 Å². The molecule has 1 heterocycles. The Hall–Kier alpha value is -1.00. The Kier molecular flexibility index (Phi) is 3.21. The predicted molar refractivity (Wildman–Crippen MR) is 59.4 cm³/mol. The molecule has 2 rings (SSSR count). The van der Waals surface area contributed by atoms with Crippen LogP contribution >= 0.6 is 0 Å². The van der Waals surface area contributed by atoms with Crippen molar-refractivity contribution in [2.75, 3.05) is 19.6 Å². The van der Waals surface area contributed by atoms with Gasteiger partial charge in [-0.2, -0.15) is 0 Å². The fourth-order valence-electron chi connectivity index (χ4n) is 2.05. The first-order valence-electron chi connectivity index (χ1n) is 5.47. The number of hydrogen-bond donors (Lipinski definition) is 1. The predicted octanol–water partition coefficient (Wildman–Crippen LogP) is 2.03. The van der Waals surface area contributed by atoms with Gasteiger partial charge in [-0.3, -0.25) is 4.90 Å². The smallest absolute Gasteiger partial charge is 0.261 e. The van der Waals surface area contributed by atoms with Gasteiger partial charge in [-0.05, 0) is 5.56 Å². The minimum atomic E-state index is -2.53. The van der Waals surface area contributed by atoms with Crippen molar-refractivity contribution in [3.63, 3.8) is 0 Å². The molecule has 1 atom stereocenters. The molecule has 0 radical (unpaired) electrons. The maximum absolute atomic E-state index is 13.0. The van der Waals surface area contributed by atoms with E-state index in [1.165, 1.54) is 0 Å². The van der Waals surface area contributed by atoms with Gasteiger partial charge in [0.15, 0.2) is 0 Å². The standard InChI is InChI=1S/C12H16F2N2/c13-12(14)6-7-16(9-12)8-11(15)10-4-2-1-3-5-10/h1-5,11H,6-9,15H2/t11-/m0/s1. The molecule has 1 aliphatic rings. The molecule has 1 aliphatic heterocycles. The summed E-state index contributed by atoms with van der Waals surface area (Å²) in [5.74, 6) is -2.53. The van der Waals surface area contributed by atoms with E-state index in [0.717, 1.165) is 5.56 Å². The van der Waals surface area contributed by atoms with Crippen molar-refractivity contribution in [1.82, 2.24) is 4.90 Å². The zero-order valence-corrected chi connectivity index (χ0v) is 9.07. The highest BCUT2D eigenvalue weighted by atomic mass is 19.3. The van der Waals surface area contributed by atoms with Gasteiger partial charge >= 0.3 is 0 Å². The van der Waals surface area contributed by atoms with Crippen LogP contribution in [0.5, 0.6) is 0 Å². The number of nitrogens with two attached hydrogens (primary N) is 1. The fourth-order valence-corrected chi connectivity index (χ4v) is 2.05. The van der Waals surface area contributed by atoms with Gasteiger partial charge in [-0.1, -0.05) is 30.3 Å². The summed E-state index contributed by atoms with van der Waals surface area (Å²) in [7, 11) is 0. The van der Waals surface area contributed by atoms with Crippen molar-refractivity contribution < 1.29 is 8.78 Å². The Morgan fingerprint density at radius 3 is 2.56 bits per heavy atom. The third-order valence-corrected chi connectivity index (χ3v) is 2.93. The largest absolute Gasteiger partial charge is 0.323 e. The highest BCUT2D eigenvalue weighted by Gasteiger charge is 2.38. The third-order valence-electron chi connectivity index (χ3n) is 2.93. The molecule has 0 spiro atoms. The number of nitrogens with zero attached hydrogens (tertiary/aromatic N) is 1. The normalized spacial score (nSPS) is 22.2. The Morgan fingerprint density at radius 1 is 1.31 bits per heavy atom. The van der Waals surface area contributed by atoms with Crippen molar-refractivity contribution >= 4 is 0 Å². The molecule has 0 unspecified atom stereocenters. The van der Waals surface area contributed by atoms with Crippen molar-refractivity contribution in [2.45, 2.75) is 18.4 Å². The average Bonchev–Trinajstić information content (AvgIpc) is 2.59. The first-order valence-corrected chi connectivity index (χ1v) is 5.47. The molecule has 0 amide bonds. The van der Waals surface area contributed by atoms with E-state index in [4.69, 9.17) is 5.73 Å². The van der Waals surface area contributed by atoms with Crippen LogP contribution in [-0.4, -0.2) is 30.5 Å². The third kappa shape index (κ3) is 2.77. The molecule has 0 aliphatic carbocycles. The Labute approximate surface area is 94.0 Å². The number of rotatable bonds is 3. The van der Waals surface area contributed by atoms with E-state index in [9.17, 15) is 8.78 Å². The Bertz CT molecular complexity index is 340. The molecule has 4 heteroatoms. The number of alkyl halides is 2. The second-order valence-corrected chi connectivity index (χ2v) is 4.36. The molecule has 1 saturated heterocycles. The molecule has 16 heavy (non-hydrogen) atoms. The van der Waals surface area contributed by atoms with Crippen molar-refractivity contribution in [3.05, 3.63) is 35.9 Å². The van der Waals surface area contributed by atoms with Gasteiger partial charge in [0.2, 0.25) is 0 Å². The van der Waals surface area contributed by atoms with Gasteiger partial charge in [-0.15, -0.1) is 0 Å². The van der Waals surface area contributed by atoms with Gasteiger partial charge in [0.05, 0.1) is 6.54 Å². The maximum Gasteiger partial charge on any atom is 0.261 e. The SMILES string of the molecule is N[C@@H](CN1CCC(F)(F)C1)c1ccccc1. The summed E-state index contributed by atoms with van der Waals surface area (Å²) in [5, 5.41) is 0. The number of halogens is 2. The fraction of sp³-hybridized carbons (Fsp3) is 0.500. The van der Waals surface area contributed by atoms with Gasteiger partial charge < -0.3 is 5.73 Å². The molecule has 2 N–H and O–H groups in total. The topological polar surface area (TPSA) is 29.3 Å². The lowest BCUT2D eigenvalue weighted by atomic mass is 10.1. The minimum absolute atomic E-state index is 0.0471. The first-order chi connectivity index (χ1) is 7.57. The summed E-state index contributed by atoms with van der Waals surface area (Å²) in [4.78, 5) is 1.73. The molecule has 0 aromatic heterocycles. The van der Waals surface area contributed by atoms with E-state index in [1.54, 1.807) is 4.90 Å². The lowest BCUT2D eigenvalue weighted by Crippen LogP contribution is -2.32. The quantitative estimate of drug-likeness (QED) is 0.854. The van der Waals surface area contributed by atoms with Crippen LogP contribution in [0.1, 0.15) is 18.0 Å². The summed E-state index contributed by atoms with van der Waals surface area (Å²) >= 11 is 0. The van der Waals surface area contributed by atoms with Gasteiger partial charge in [0, 0.05) is 25.6 Å². The molecule has 2 nitrogen and oxygen atoms in total. The summed E-state index contributed by atoms with van der Waals surface area (Å²) in [6, 6.07) is 9.41. The highest BCUT2D eigenvalue weighted by Crippen LogP contribution is 2.27. The summed E-state index contributed by atoms with van der Waals surface area (Å²) in [6.45, 7) is 0.778. The lowest BCUT2D eigenvalue weighted by molar-refractivity contribution is 0.0118. The van der Waals surface area contributed by atoms with Crippen LogP contribution in [0.3, 0.4) is 0 Å². The van der Waals surface area contributed by atoms with Crippen LogP contribution in [0.2, 0.25) is 0 Å². The highest BCUT2D eigenvalue weighted by molar-refractivity contribution is 5.18. The lowest BCUT2D eigenvalue weighted by Gasteiger charge is -2.20. The van der Waals surface area contributed by atoms with E-state index in [0.29, 0.717) is 13.1 Å². The van der Waals surface area contributed by atoms with Gasteiger partial charge in [0.1, 0.15) is 0 Å². The second kappa shape index (κ2) is 4.47. The van der Waals surface area contributed by atoms with Crippen LogP contribution in [0, 0.1) is 0 Å². The number of benzene rings is 1. The minimum Gasteiger partial charge on any atom is -0.323 e. The average molecular weight is 226 g/mol. The van der Waals surface area contributed by atoms with Crippen LogP contribution < -0.4 is 5.73 Å².